The second-order valence-electron chi connectivity index (χ2n) is 0. The van der Waals surface area contributed by atoms with Crippen molar-refractivity contribution in [3.8, 4) is 0 Å². The molecule has 0 unspecified atom stereocenters. The molecule has 0 radical (unpaired) electrons. The molecule has 0 atom stereocenters. The summed E-state index contributed by atoms with van der Waals surface area (Å²) in [7, 11) is 0. The molecule has 0 rings (SSSR count). The summed E-state index contributed by atoms with van der Waals surface area (Å²) in [5.41, 5.74) is 0. The van der Waals surface area contributed by atoms with E-state index in [0.29, 0.717) is 0 Å². The number of hydrogen-bond acceptors (Lipinski definition) is 0. The maximum absolute atomic E-state index is 0. The van der Waals surface area contributed by atoms with Gasteiger partial charge in [0.2, 0.25) is 0 Å². The van der Waals surface area contributed by atoms with Gasteiger partial charge < -0.3 is 0 Å². The summed E-state index contributed by atoms with van der Waals surface area (Å²) < 4.78 is 0. The molecule has 0 aromatic carbocycles. The Balaban J connectivity index is 0. The van der Waals surface area contributed by atoms with Gasteiger partial charge in [0, 0.05) is 0 Å². The van der Waals surface area contributed by atoms with Crippen LogP contribution in [0.2, 0.25) is 0 Å². The molecule has 188 valence electrons. The van der Waals surface area contributed by atoms with Crippen LogP contribution in [0.15, 0.2) is 0 Å². The second-order valence-corrected chi connectivity index (χ2v) is 0. The van der Waals surface area contributed by atoms with Crippen LogP contribution in [0.5, 0.6) is 0 Å². The number of rotatable bonds is 0. The van der Waals surface area contributed by atoms with Crippen LogP contribution in [0.1, 0.15) is 44.6 Å². The summed E-state index contributed by atoms with van der Waals surface area (Å²) in [6.45, 7) is 0. The van der Waals surface area contributed by atoms with Crippen molar-refractivity contribution in [1.82, 2.24) is 0 Å². The minimum Gasteiger partial charge on any atom is -0.0776 e. The first kappa shape index (κ1) is 1.50. The maximum Gasteiger partial charge on any atom is 0 e. The van der Waals surface area contributed by atoms with Gasteiger partial charge in [-0.3, -0.25) is 0 Å². The van der Waals surface area contributed by atoms with Crippen molar-refractivity contribution >= 4 is 0 Å². The van der Waals surface area contributed by atoms with Crippen molar-refractivity contribution in [2.45, 2.75) is 44.6 Å². The Kier molecular flexibility index (Phi) is 0.0750. The fourth-order valence-electron chi connectivity index (χ4n) is 0. The smallest absolute Gasteiger partial charge is 0 e. The van der Waals surface area contributed by atoms with Gasteiger partial charge in [0.25, 0.3) is 0 Å². The predicted octanol–water partition coefficient (Wildman–Crippen LogP) is 3.82. The van der Waals surface area contributed by atoms with E-state index in [1.807, 2.05) is 0 Å². The molecule has 0 bridgehead atoms. The largest absolute Gasteiger partial charge is 0.0776 e. The van der Waals surface area contributed by atoms with Gasteiger partial charge in [-0.05, 0) is 0 Å². The molecule has 16 heavy (non-hydrogen) atoms. The Morgan fingerprint density at radius 3 is 0.125 bits per heavy atom. The van der Waals surface area contributed by atoms with E-state index >= 15 is 0 Å². The van der Waals surface area contributed by atoms with E-state index in [1.165, 1.54) is 0 Å². The molecule has 0 fully saturated rings. The van der Waals surface area contributed by atoms with Crippen LogP contribution < -0.4 is 0 Å². The maximum atomic E-state index is 0. The van der Waals surface area contributed by atoms with E-state index in [0.717, 1.165) is 0 Å². The van der Waals surface area contributed by atoms with Gasteiger partial charge in [-0.15, -0.1) is 0 Å². The standard InChI is InChI=1S/6CH4.10No/h6*1H4;;;;;;;;;;. The first-order chi connectivity index (χ1) is 0. The normalized spacial score (nSPS) is 0. The number of hydrogen-bond donors (Lipinski definition) is 0. The van der Waals surface area contributed by atoms with Crippen LogP contribution in [0, 0.1) is 0 Å². The van der Waals surface area contributed by atoms with Crippen LogP contribution in [-0.2, 0) is 0 Å². The minimum absolute atomic E-state index is 0. The van der Waals surface area contributed by atoms with Crippen molar-refractivity contribution < 1.29 is 0 Å². The second kappa shape index (κ2) is 0.800. The molecular weight excluding hydrogens is 2660 g/mol. The van der Waals surface area contributed by atoms with Crippen LogP contribution in [-0.4, -0.2) is 0 Å². The monoisotopic (exact) mass is 2690 g/mol. The van der Waals surface area contributed by atoms with Gasteiger partial charge >= 0.3 is 0 Å². The van der Waals surface area contributed by atoms with Crippen LogP contribution in [0.25, 0.3) is 0 Å². The van der Waals surface area contributed by atoms with Gasteiger partial charge in [0.15, 0.2) is 0 Å². The third-order valence-electron chi connectivity index (χ3n) is 0. The zero-order chi connectivity index (χ0) is 0. The summed E-state index contributed by atoms with van der Waals surface area (Å²) in [5.74, 6) is 0. The molecule has 0 aromatic rings. The average Bonchev–Trinajstić information content (AvgIpc) is 0. The molecular formula is C6H24No10. The fourth-order valence-corrected chi connectivity index (χ4v) is 0. The van der Waals surface area contributed by atoms with E-state index < -0.39 is 0 Å². The van der Waals surface area contributed by atoms with Crippen molar-refractivity contribution in [1.29, 1.82) is 0 Å². The predicted molar refractivity (Wildman–Crippen MR) is 40.4 cm³/mol. The zero-order valence-corrected chi connectivity index (χ0v) is 24.9. The summed E-state index contributed by atoms with van der Waals surface area (Å²) >= 11 is 0. The van der Waals surface area contributed by atoms with Gasteiger partial charge in [-0.2, -0.15) is 0 Å². The van der Waals surface area contributed by atoms with Crippen molar-refractivity contribution in [3.05, 3.63) is 0 Å². The molecule has 0 aliphatic heterocycles. The Hall–Kier alpha value is -10.0. The third kappa shape index (κ3) is 0.360. The summed E-state index contributed by atoms with van der Waals surface area (Å²) in [5, 5.41) is 0. The summed E-state index contributed by atoms with van der Waals surface area (Å²) in [6, 6.07) is 0. The fraction of sp³-hybridized carbons (Fsp3) is 1.00. The van der Waals surface area contributed by atoms with E-state index in [2.05, 4.69) is 0 Å². The first-order valence-electron chi connectivity index (χ1n) is 0. The quantitative estimate of drug-likeness (QED) is 0.347. The van der Waals surface area contributed by atoms with Crippen molar-refractivity contribution in [2.75, 3.05) is 0 Å². The average molecular weight is 2690 g/mol. The third-order valence-corrected chi connectivity index (χ3v) is 0. The summed E-state index contributed by atoms with van der Waals surface area (Å²) in [4.78, 5) is 0. The molecule has 0 aromatic heterocycles. The van der Waals surface area contributed by atoms with Gasteiger partial charge in [0.05, 0.1) is 0 Å². The summed E-state index contributed by atoms with van der Waals surface area (Å²) in [6.07, 6.45) is 0. The Bertz CT molecular complexity index is 15.3. The van der Waals surface area contributed by atoms with E-state index in [-0.39, 0.29) is 44.6 Å². The topological polar surface area (TPSA) is 0 Å². The molecule has 10 heteroatoms. The van der Waals surface area contributed by atoms with Crippen molar-refractivity contribution in [2.24, 2.45) is 0 Å². The van der Waals surface area contributed by atoms with Gasteiger partial charge in [0.1, 0.15) is 0 Å². The van der Waals surface area contributed by atoms with Crippen LogP contribution in [0.3, 0.4) is 0 Å². The molecule has 0 saturated heterocycles. The molecule has 0 heterocycles. The van der Waals surface area contributed by atoms with E-state index in [9.17, 15) is 0 Å². The SMILES string of the molecule is C.C.C.C.C.C.[No].[No].[No].[No].[No].[No].[No].[No].[No].[No]. The van der Waals surface area contributed by atoms with Crippen LogP contribution in [0.4, 0.5) is 0 Å². The molecule has 0 aliphatic rings. The molecule has 0 saturated carbocycles. The minimum atomic E-state index is 0. The van der Waals surface area contributed by atoms with Gasteiger partial charge in [-0.1, -0.05) is 44.6 Å². The Morgan fingerprint density at radius 1 is 0.125 bits per heavy atom. The first-order valence-corrected chi connectivity index (χ1v) is 0. The Labute approximate surface area is 45.6 Å². The molecule has 0 amide bonds. The van der Waals surface area contributed by atoms with E-state index in [4.69, 9.17) is 0 Å². The van der Waals surface area contributed by atoms with Crippen LogP contribution >= 0.6 is 0 Å². The molecule has 0 aliphatic carbocycles. The molecule has 0 spiro atoms. The van der Waals surface area contributed by atoms with Crippen molar-refractivity contribution in [3.63, 3.8) is 0 Å². The molecule has 0 nitrogen and oxygen atoms in total. The van der Waals surface area contributed by atoms with E-state index in [1.54, 1.807) is 0 Å². The van der Waals surface area contributed by atoms with Gasteiger partial charge in [-0.25, -0.2) is 0 Å². The zero-order valence-electron chi connectivity index (χ0n) is 2.67. The molecule has 0 N–H and O–H groups in total. The Morgan fingerprint density at radius 2 is 0.125 bits per heavy atom.